The second-order valence-corrected chi connectivity index (χ2v) is 6.78. The lowest BCUT2D eigenvalue weighted by atomic mass is 10.2. The molecule has 146 valence electrons. The lowest BCUT2D eigenvalue weighted by molar-refractivity contribution is 0.174. The van der Waals surface area contributed by atoms with Gasteiger partial charge in [0.2, 0.25) is 6.79 Å². The first-order valence-corrected chi connectivity index (χ1v) is 9.33. The van der Waals surface area contributed by atoms with Gasteiger partial charge in [-0.25, -0.2) is 14.3 Å². The fourth-order valence-corrected chi connectivity index (χ4v) is 3.62. The molecule has 0 saturated carbocycles. The molecule has 4 aromatic rings. The van der Waals surface area contributed by atoms with E-state index in [-0.39, 0.29) is 18.0 Å². The van der Waals surface area contributed by atoms with E-state index < -0.39 is 0 Å². The number of hydrogen-bond donors (Lipinski definition) is 0. The van der Waals surface area contributed by atoms with Crippen molar-refractivity contribution in [3.05, 3.63) is 82.0 Å². The van der Waals surface area contributed by atoms with Crippen LogP contribution in [0, 0.1) is 0 Å². The first-order chi connectivity index (χ1) is 14.2. The molecule has 2 aromatic carbocycles. The number of rotatable bonds is 5. The number of imidazole rings is 1. The maximum Gasteiger partial charge on any atom is 0.336 e. The average Bonchev–Trinajstić information content (AvgIpc) is 3.42. The second kappa shape index (κ2) is 6.97. The first-order valence-electron chi connectivity index (χ1n) is 9.33. The molecule has 1 aliphatic heterocycles. The number of hydrogen-bond acceptors (Lipinski definition) is 5. The molecule has 3 heterocycles. The first kappa shape index (κ1) is 17.3. The lowest BCUT2D eigenvalue weighted by Crippen LogP contribution is -2.39. The Labute approximate surface area is 165 Å². The summed E-state index contributed by atoms with van der Waals surface area (Å²) < 4.78 is 15.5. The lowest BCUT2D eigenvalue weighted by Gasteiger charge is -2.14. The van der Waals surface area contributed by atoms with Crippen molar-refractivity contribution in [2.24, 2.45) is 0 Å². The minimum absolute atomic E-state index is 0.129. The quantitative estimate of drug-likeness (QED) is 0.522. The van der Waals surface area contributed by atoms with Gasteiger partial charge >= 0.3 is 5.69 Å². The molecule has 8 heteroatoms. The Morgan fingerprint density at radius 3 is 2.72 bits per heavy atom. The highest BCUT2D eigenvalue weighted by atomic mass is 16.7. The Balaban J connectivity index is 1.62. The monoisotopic (exact) mass is 390 g/mol. The van der Waals surface area contributed by atoms with Crippen molar-refractivity contribution in [2.45, 2.75) is 19.5 Å². The number of nitrogens with zero attached hydrogens (tertiary/aromatic N) is 4. The van der Waals surface area contributed by atoms with Crippen LogP contribution >= 0.6 is 0 Å². The van der Waals surface area contributed by atoms with Crippen LogP contribution in [0.25, 0.3) is 16.6 Å². The number of benzene rings is 2. The van der Waals surface area contributed by atoms with Crippen LogP contribution in [-0.4, -0.2) is 25.5 Å². The third kappa shape index (κ3) is 2.98. The smallest absolute Gasteiger partial charge is 0.336 e. The molecule has 29 heavy (non-hydrogen) atoms. The minimum Gasteiger partial charge on any atom is -0.454 e. The average molecular weight is 390 g/mol. The van der Waals surface area contributed by atoms with E-state index in [1.807, 2.05) is 16.8 Å². The van der Waals surface area contributed by atoms with Gasteiger partial charge in [-0.15, -0.1) is 0 Å². The van der Waals surface area contributed by atoms with Crippen molar-refractivity contribution >= 4 is 10.9 Å². The standard InChI is InChI=1S/C21H18N4O4/c26-20-16-4-1-2-5-17(16)24(10-3-9-23-11-8-22-13-23)21(27)25(20)15-6-7-18-19(12-15)29-14-28-18/h1-2,4-8,11-13H,3,9-10,14H2. The zero-order valence-corrected chi connectivity index (χ0v) is 15.5. The largest absolute Gasteiger partial charge is 0.454 e. The van der Waals surface area contributed by atoms with E-state index in [1.54, 1.807) is 53.5 Å². The van der Waals surface area contributed by atoms with Crippen LogP contribution in [0.2, 0.25) is 0 Å². The van der Waals surface area contributed by atoms with Gasteiger partial charge < -0.3 is 14.0 Å². The number of para-hydroxylation sites is 1. The number of fused-ring (bicyclic) bond motifs is 2. The predicted molar refractivity (Wildman–Crippen MR) is 107 cm³/mol. The van der Waals surface area contributed by atoms with Crippen LogP contribution < -0.4 is 20.7 Å². The summed E-state index contributed by atoms with van der Waals surface area (Å²) in [5.41, 5.74) is 0.358. The molecular weight excluding hydrogens is 372 g/mol. The van der Waals surface area contributed by atoms with Crippen LogP contribution in [0.4, 0.5) is 0 Å². The highest BCUT2D eigenvalue weighted by Crippen LogP contribution is 2.33. The summed E-state index contributed by atoms with van der Waals surface area (Å²) in [6, 6.07) is 12.2. The van der Waals surface area contributed by atoms with Crippen molar-refractivity contribution in [2.75, 3.05) is 6.79 Å². The fourth-order valence-electron chi connectivity index (χ4n) is 3.62. The van der Waals surface area contributed by atoms with Gasteiger partial charge in [0, 0.05) is 31.5 Å². The molecule has 0 saturated heterocycles. The second-order valence-electron chi connectivity index (χ2n) is 6.78. The third-order valence-corrected chi connectivity index (χ3v) is 5.02. The summed E-state index contributed by atoms with van der Waals surface area (Å²) in [5.74, 6) is 1.12. The molecule has 0 radical (unpaired) electrons. The van der Waals surface area contributed by atoms with E-state index in [0.717, 1.165) is 13.0 Å². The Morgan fingerprint density at radius 2 is 1.86 bits per heavy atom. The Morgan fingerprint density at radius 1 is 1.00 bits per heavy atom. The van der Waals surface area contributed by atoms with Crippen LogP contribution in [0.1, 0.15) is 6.42 Å². The maximum atomic E-state index is 13.3. The maximum absolute atomic E-state index is 13.3. The zero-order valence-electron chi connectivity index (χ0n) is 15.5. The van der Waals surface area contributed by atoms with E-state index in [9.17, 15) is 9.59 Å². The molecule has 0 amide bonds. The van der Waals surface area contributed by atoms with Crippen LogP contribution in [0.3, 0.4) is 0 Å². The summed E-state index contributed by atoms with van der Waals surface area (Å²) in [4.78, 5) is 30.5. The summed E-state index contributed by atoms with van der Waals surface area (Å²) in [5, 5.41) is 0.493. The van der Waals surface area contributed by atoms with Gasteiger partial charge in [-0.2, -0.15) is 0 Å². The molecule has 0 unspecified atom stereocenters. The molecule has 2 aromatic heterocycles. The van der Waals surface area contributed by atoms with E-state index >= 15 is 0 Å². The van der Waals surface area contributed by atoms with Crippen molar-refractivity contribution in [3.8, 4) is 17.2 Å². The minimum atomic E-state index is -0.377. The zero-order chi connectivity index (χ0) is 19.8. The van der Waals surface area contributed by atoms with E-state index in [4.69, 9.17) is 9.47 Å². The van der Waals surface area contributed by atoms with Crippen LogP contribution in [0.15, 0.2) is 70.8 Å². The number of aryl methyl sites for hydroxylation is 2. The predicted octanol–water partition coefficient (Wildman–Crippen LogP) is 2.17. The molecule has 0 fully saturated rings. The highest BCUT2D eigenvalue weighted by molar-refractivity contribution is 5.78. The van der Waals surface area contributed by atoms with Crippen molar-refractivity contribution in [3.63, 3.8) is 0 Å². The van der Waals surface area contributed by atoms with Crippen molar-refractivity contribution in [1.82, 2.24) is 18.7 Å². The molecule has 0 atom stereocenters. The third-order valence-electron chi connectivity index (χ3n) is 5.02. The highest BCUT2D eigenvalue weighted by Gasteiger charge is 2.18. The Bertz CT molecular complexity index is 1300. The van der Waals surface area contributed by atoms with E-state index in [0.29, 0.717) is 34.6 Å². The van der Waals surface area contributed by atoms with Gasteiger partial charge in [-0.05, 0) is 30.7 Å². The molecule has 0 N–H and O–H groups in total. The van der Waals surface area contributed by atoms with Crippen molar-refractivity contribution in [1.29, 1.82) is 0 Å². The normalized spacial score (nSPS) is 12.6. The fraction of sp³-hybridized carbons (Fsp3) is 0.190. The van der Waals surface area contributed by atoms with E-state index in [1.165, 1.54) is 4.57 Å². The molecule has 0 spiro atoms. The van der Waals surface area contributed by atoms with Crippen molar-refractivity contribution < 1.29 is 9.47 Å². The van der Waals surface area contributed by atoms with Crippen LogP contribution in [0.5, 0.6) is 11.5 Å². The molecule has 1 aliphatic rings. The molecular formula is C21H18N4O4. The summed E-state index contributed by atoms with van der Waals surface area (Å²) in [7, 11) is 0. The van der Waals surface area contributed by atoms with Crippen LogP contribution in [-0.2, 0) is 13.1 Å². The Hall–Kier alpha value is -3.81. The Kier molecular flexibility index (Phi) is 4.16. The topological polar surface area (TPSA) is 80.3 Å². The van der Waals surface area contributed by atoms with Gasteiger partial charge in [0.15, 0.2) is 11.5 Å². The summed E-state index contributed by atoms with van der Waals surface area (Å²) >= 11 is 0. The number of aromatic nitrogens is 4. The van der Waals surface area contributed by atoms with E-state index in [2.05, 4.69) is 4.98 Å². The number of ether oxygens (including phenoxy) is 2. The van der Waals surface area contributed by atoms with Gasteiger partial charge in [0.05, 0.1) is 22.9 Å². The molecule has 0 aliphatic carbocycles. The molecule has 8 nitrogen and oxygen atoms in total. The summed E-state index contributed by atoms with van der Waals surface area (Å²) in [6.45, 7) is 1.33. The molecule has 0 bridgehead atoms. The van der Waals surface area contributed by atoms with Gasteiger partial charge in [0.1, 0.15) is 0 Å². The van der Waals surface area contributed by atoms with Gasteiger partial charge in [0.25, 0.3) is 5.56 Å². The summed E-state index contributed by atoms with van der Waals surface area (Å²) in [6.07, 6.45) is 6.07. The van der Waals surface area contributed by atoms with Gasteiger partial charge in [-0.1, -0.05) is 12.1 Å². The van der Waals surface area contributed by atoms with Gasteiger partial charge in [-0.3, -0.25) is 9.36 Å². The SMILES string of the molecule is O=c1c2ccccc2n(CCCn2ccnc2)c(=O)n1-c1ccc2c(c1)OCO2. The molecule has 5 rings (SSSR count).